The number of benzene rings is 3. The van der Waals surface area contributed by atoms with E-state index in [0.29, 0.717) is 28.2 Å². The van der Waals surface area contributed by atoms with Crippen molar-refractivity contribution in [3.8, 4) is 11.5 Å². The summed E-state index contributed by atoms with van der Waals surface area (Å²) in [4.78, 5) is 20.7. The molecule has 1 heterocycles. The standard InChI is InChI=1S/C27H26N2O3S/c1-5-32-23-16-20(14-15-22(23)31-4)17-24-26(30)29(21-12-7-6-8-13-21)27(33-24)28-25-18(2)10-9-11-19(25)3/h6-17H,5H2,1-4H3/b24-17-,28-27?. The number of hydrogen-bond acceptors (Lipinski definition) is 5. The Hall–Kier alpha value is -3.51. The van der Waals surface area contributed by atoms with Gasteiger partial charge >= 0.3 is 0 Å². The lowest BCUT2D eigenvalue weighted by molar-refractivity contribution is -0.113. The van der Waals surface area contributed by atoms with Gasteiger partial charge in [0, 0.05) is 0 Å². The molecular weight excluding hydrogens is 432 g/mol. The van der Waals surface area contributed by atoms with Crippen LogP contribution in [0.2, 0.25) is 0 Å². The summed E-state index contributed by atoms with van der Waals surface area (Å²) >= 11 is 1.37. The van der Waals surface area contributed by atoms with Crippen LogP contribution in [0.5, 0.6) is 11.5 Å². The van der Waals surface area contributed by atoms with Gasteiger partial charge in [-0.1, -0.05) is 42.5 Å². The fraction of sp³-hybridized carbons (Fsp3) is 0.185. The molecule has 1 fully saturated rings. The van der Waals surface area contributed by atoms with Gasteiger partial charge in [-0.2, -0.15) is 0 Å². The molecule has 33 heavy (non-hydrogen) atoms. The maximum atomic E-state index is 13.5. The second kappa shape index (κ2) is 9.96. The van der Waals surface area contributed by atoms with Gasteiger partial charge in [0.1, 0.15) is 0 Å². The van der Waals surface area contributed by atoms with Crippen LogP contribution in [0.3, 0.4) is 0 Å². The highest BCUT2D eigenvalue weighted by molar-refractivity contribution is 8.19. The molecule has 0 aliphatic carbocycles. The predicted octanol–water partition coefficient (Wildman–Crippen LogP) is 6.52. The van der Waals surface area contributed by atoms with Gasteiger partial charge < -0.3 is 9.47 Å². The van der Waals surface area contributed by atoms with Gasteiger partial charge in [0.05, 0.1) is 30.0 Å². The lowest BCUT2D eigenvalue weighted by Gasteiger charge is -2.16. The van der Waals surface area contributed by atoms with Crippen molar-refractivity contribution in [1.29, 1.82) is 0 Å². The van der Waals surface area contributed by atoms with E-state index in [4.69, 9.17) is 14.5 Å². The van der Waals surface area contributed by atoms with Gasteiger partial charge in [0.25, 0.3) is 5.91 Å². The number of amidine groups is 1. The van der Waals surface area contributed by atoms with Crippen molar-refractivity contribution in [3.63, 3.8) is 0 Å². The van der Waals surface area contributed by atoms with Crippen LogP contribution < -0.4 is 14.4 Å². The zero-order chi connectivity index (χ0) is 23.4. The topological polar surface area (TPSA) is 51.1 Å². The van der Waals surface area contributed by atoms with Gasteiger partial charge in [0.2, 0.25) is 0 Å². The normalized spacial score (nSPS) is 16.0. The number of amides is 1. The number of nitrogens with zero attached hydrogens (tertiary/aromatic N) is 2. The summed E-state index contributed by atoms with van der Waals surface area (Å²) in [5, 5.41) is 0.633. The lowest BCUT2D eigenvalue weighted by Crippen LogP contribution is -2.28. The molecule has 0 saturated carbocycles. The number of aliphatic imine (C=N–C) groups is 1. The predicted molar refractivity (Wildman–Crippen MR) is 137 cm³/mol. The first kappa shape index (κ1) is 22.7. The van der Waals surface area contributed by atoms with Crippen LogP contribution >= 0.6 is 11.8 Å². The van der Waals surface area contributed by atoms with E-state index in [-0.39, 0.29) is 5.91 Å². The number of thioether (sulfide) groups is 1. The third-order valence-corrected chi connectivity index (χ3v) is 6.22. The van der Waals surface area contributed by atoms with E-state index in [0.717, 1.165) is 28.1 Å². The second-order valence-corrected chi connectivity index (χ2v) is 8.57. The number of para-hydroxylation sites is 2. The zero-order valence-electron chi connectivity index (χ0n) is 19.2. The highest BCUT2D eigenvalue weighted by Crippen LogP contribution is 2.39. The van der Waals surface area contributed by atoms with Crippen molar-refractivity contribution in [2.24, 2.45) is 4.99 Å². The Morgan fingerprint density at radius 1 is 0.970 bits per heavy atom. The third kappa shape index (κ3) is 4.81. The van der Waals surface area contributed by atoms with E-state index >= 15 is 0 Å². The minimum Gasteiger partial charge on any atom is -0.493 e. The molecule has 0 unspecified atom stereocenters. The Bertz CT molecular complexity index is 1220. The van der Waals surface area contributed by atoms with Crippen molar-refractivity contribution in [1.82, 2.24) is 0 Å². The average Bonchev–Trinajstić information content (AvgIpc) is 3.12. The molecule has 3 aromatic carbocycles. The summed E-state index contributed by atoms with van der Waals surface area (Å²) in [6.45, 7) is 6.52. The largest absolute Gasteiger partial charge is 0.493 e. The van der Waals surface area contributed by atoms with E-state index in [1.165, 1.54) is 11.8 Å². The molecule has 0 atom stereocenters. The van der Waals surface area contributed by atoms with Gasteiger partial charge in [0.15, 0.2) is 16.7 Å². The first-order chi connectivity index (χ1) is 16.0. The maximum absolute atomic E-state index is 13.5. The van der Waals surface area contributed by atoms with Crippen molar-refractivity contribution in [2.45, 2.75) is 20.8 Å². The van der Waals surface area contributed by atoms with Crippen LogP contribution in [-0.4, -0.2) is 24.8 Å². The summed E-state index contributed by atoms with van der Waals surface area (Å²) in [5.74, 6) is 1.20. The minimum atomic E-state index is -0.107. The molecule has 5 nitrogen and oxygen atoms in total. The molecule has 0 aromatic heterocycles. The Labute approximate surface area is 198 Å². The molecule has 168 valence electrons. The Morgan fingerprint density at radius 3 is 2.36 bits per heavy atom. The molecule has 4 rings (SSSR count). The van der Waals surface area contributed by atoms with Gasteiger partial charge in [-0.25, -0.2) is 4.99 Å². The summed E-state index contributed by atoms with van der Waals surface area (Å²) in [6.07, 6.45) is 1.87. The van der Waals surface area contributed by atoms with Crippen LogP contribution in [-0.2, 0) is 4.79 Å². The summed E-state index contributed by atoms with van der Waals surface area (Å²) in [5.41, 5.74) is 4.66. The molecule has 3 aromatic rings. The number of carbonyl (C=O) groups is 1. The van der Waals surface area contributed by atoms with E-state index < -0.39 is 0 Å². The maximum Gasteiger partial charge on any atom is 0.271 e. The van der Waals surface area contributed by atoms with Gasteiger partial charge in [-0.3, -0.25) is 9.69 Å². The molecule has 1 amide bonds. The number of carbonyl (C=O) groups excluding carboxylic acids is 1. The first-order valence-electron chi connectivity index (χ1n) is 10.8. The first-order valence-corrected chi connectivity index (χ1v) is 11.6. The monoisotopic (exact) mass is 458 g/mol. The smallest absolute Gasteiger partial charge is 0.271 e. The number of aryl methyl sites for hydroxylation is 2. The quantitative estimate of drug-likeness (QED) is 0.395. The summed E-state index contributed by atoms with van der Waals surface area (Å²) in [7, 11) is 1.61. The minimum absolute atomic E-state index is 0.107. The molecule has 0 radical (unpaired) electrons. The fourth-order valence-electron chi connectivity index (χ4n) is 3.63. The molecule has 0 bridgehead atoms. The highest BCUT2D eigenvalue weighted by atomic mass is 32.2. The highest BCUT2D eigenvalue weighted by Gasteiger charge is 2.35. The lowest BCUT2D eigenvalue weighted by atomic mass is 10.1. The molecule has 1 aliphatic heterocycles. The van der Waals surface area contributed by atoms with Crippen molar-refractivity contribution in [3.05, 3.63) is 88.3 Å². The molecule has 0 N–H and O–H groups in total. The third-order valence-electron chi connectivity index (χ3n) is 5.25. The van der Waals surface area contributed by atoms with Crippen molar-refractivity contribution >= 4 is 40.3 Å². The van der Waals surface area contributed by atoms with Crippen LogP contribution in [0, 0.1) is 13.8 Å². The summed E-state index contributed by atoms with van der Waals surface area (Å²) < 4.78 is 11.1. The Kier molecular flexibility index (Phi) is 6.84. The molecule has 1 aliphatic rings. The second-order valence-electron chi connectivity index (χ2n) is 7.56. The molecule has 0 spiro atoms. The van der Waals surface area contributed by atoms with Crippen molar-refractivity contribution in [2.75, 3.05) is 18.6 Å². The Morgan fingerprint density at radius 2 is 1.70 bits per heavy atom. The molecular formula is C27H26N2O3S. The van der Waals surface area contributed by atoms with Crippen LogP contribution in [0.1, 0.15) is 23.6 Å². The van der Waals surface area contributed by atoms with Crippen LogP contribution in [0.4, 0.5) is 11.4 Å². The Balaban J connectivity index is 1.78. The number of anilines is 1. The number of hydrogen-bond donors (Lipinski definition) is 0. The molecule has 1 saturated heterocycles. The van der Waals surface area contributed by atoms with E-state index in [1.54, 1.807) is 12.0 Å². The average molecular weight is 459 g/mol. The van der Waals surface area contributed by atoms with E-state index in [1.807, 2.05) is 93.6 Å². The molecule has 6 heteroatoms. The number of rotatable bonds is 6. The van der Waals surface area contributed by atoms with Crippen LogP contribution in [0.25, 0.3) is 6.08 Å². The SMILES string of the molecule is CCOc1cc(/C=C2\SC(=Nc3c(C)cccc3C)N(c3ccccc3)C2=O)ccc1OC. The van der Waals surface area contributed by atoms with Crippen molar-refractivity contribution < 1.29 is 14.3 Å². The zero-order valence-corrected chi connectivity index (χ0v) is 20.0. The summed E-state index contributed by atoms with van der Waals surface area (Å²) in [6, 6.07) is 21.3. The van der Waals surface area contributed by atoms with E-state index in [2.05, 4.69) is 0 Å². The number of ether oxygens (including phenoxy) is 2. The number of methoxy groups -OCH3 is 1. The van der Waals surface area contributed by atoms with Gasteiger partial charge in [-0.05, 0) is 79.6 Å². The van der Waals surface area contributed by atoms with Crippen LogP contribution in [0.15, 0.2) is 76.6 Å². The van der Waals surface area contributed by atoms with E-state index in [9.17, 15) is 4.79 Å². The van der Waals surface area contributed by atoms with Gasteiger partial charge in [-0.15, -0.1) is 0 Å². The fourth-order valence-corrected chi connectivity index (χ4v) is 4.62.